The lowest BCUT2D eigenvalue weighted by atomic mass is 10.2. The second-order valence-electron chi connectivity index (χ2n) is 6.10. The summed E-state index contributed by atoms with van der Waals surface area (Å²) in [7, 11) is 0. The van der Waals surface area contributed by atoms with Crippen molar-refractivity contribution in [3.8, 4) is 22.9 Å². The van der Waals surface area contributed by atoms with Gasteiger partial charge < -0.3 is 24.5 Å². The first-order chi connectivity index (χ1) is 14.1. The van der Waals surface area contributed by atoms with Crippen molar-refractivity contribution in [3.63, 3.8) is 0 Å². The summed E-state index contributed by atoms with van der Waals surface area (Å²) in [6.07, 6.45) is 1.10. The molecular weight excluding hydrogens is 378 g/mol. The molecule has 0 fully saturated rings. The highest BCUT2D eigenvalue weighted by atomic mass is 16.7. The van der Waals surface area contributed by atoms with Crippen LogP contribution in [0.5, 0.6) is 17.2 Å². The summed E-state index contributed by atoms with van der Waals surface area (Å²) in [6.45, 7) is 2.46. The molecule has 0 radical (unpaired) electrons. The molecule has 2 N–H and O–H groups in total. The molecule has 4 rings (SSSR count). The summed E-state index contributed by atoms with van der Waals surface area (Å²) >= 11 is 0. The van der Waals surface area contributed by atoms with Crippen LogP contribution in [0.15, 0.2) is 58.3 Å². The van der Waals surface area contributed by atoms with E-state index in [9.17, 15) is 14.4 Å². The lowest BCUT2D eigenvalue weighted by molar-refractivity contribution is 0.102. The Balaban J connectivity index is 1.64. The number of hydrogen-bond donors (Lipinski definition) is 2. The lowest BCUT2D eigenvalue weighted by Gasteiger charge is -2.09. The van der Waals surface area contributed by atoms with Gasteiger partial charge in [0.15, 0.2) is 11.5 Å². The fraction of sp³-hybridized carbons (Fsp3) is 0.150. The number of benzene rings is 2. The van der Waals surface area contributed by atoms with E-state index in [1.54, 1.807) is 42.5 Å². The second kappa shape index (κ2) is 7.55. The van der Waals surface area contributed by atoms with E-state index >= 15 is 0 Å². The fourth-order valence-electron chi connectivity index (χ4n) is 2.90. The second-order valence-corrected chi connectivity index (χ2v) is 6.10. The molecule has 1 aliphatic rings. The van der Waals surface area contributed by atoms with Crippen LogP contribution in [0.25, 0.3) is 5.69 Å². The molecule has 0 unspecified atom stereocenters. The van der Waals surface area contributed by atoms with Gasteiger partial charge in [-0.2, -0.15) is 0 Å². The van der Waals surface area contributed by atoms with E-state index in [1.165, 1.54) is 0 Å². The molecule has 0 spiro atoms. The third-order valence-corrected chi connectivity index (χ3v) is 4.26. The summed E-state index contributed by atoms with van der Waals surface area (Å²) < 4.78 is 16.8. The number of aromatic amines is 1. The number of anilines is 1. The SMILES string of the molecule is CCOc1ccc(-n2c(=O)[nH]cc(C(=O)Nc3ccc4c(c3)OCO4)c2=O)cc1. The number of fused-ring (bicyclic) bond motifs is 1. The summed E-state index contributed by atoms with van der Waals surface area (Å²) in [6, 6.07) is 11.3. The van der Waals surface area contributed by atoms with E-state index < -0.39 is 17.2 Å². The number of aromatic nitrogens is 2. The maximum absolute atomic E-state index is 12.8. The summed E-state index contributed by atoms with van der Waals surface area (Å²) in [4.78, 5) is 40.1. The van der Waals surface area contributed by atoms with Crippen LogP contribution in [0.4, 0.5) is 5.69 Å². The molecule has 3 aromatic rings. The molecule has 0 bridgehead atoms. The van der Waals surface area contributed by atoms with Gasteiger partial charge in [-0.1, -0.05) is 0 Å². The van der Waals surface area contributed by atoms with E-state index in [0.29, 0.717) is 35.2 Å². The zero-order chi connectivity index (χ0) is 20.4. The average molecular weight is 395 g/mol. The van der Waals surface area contributed by atoms with Crippen molar-refractivity contribution in [3.05, 3.63) is 75.1 Å². The first-order valence-electron chi connectivity index (χ1n) is 8.86. The third-order valence-electron chi connectivity index (χ3n) is 4.26. The zero-order valence-corrected chi connectivity index (χ0v) is 15.4. The van der Waals surface area contributed by atoms with Gasteiger partial charge in [0.25, 0.3) is 11.5 Å². The molecule has 0 atom stereocenters. The Hall–Kier alpha value is -4.01. The Bertz CT molecular complexity index is 1180. The van der Waals surface area contributed by atoms with Gasteiger partial charge in [-0.05, 0) is 43.3 Å². The largest absolute Gasteiger partial charge is 0.494 e. The first-order valence-corrected chi connectivity index (χ1v) is 8.86. The molecule has 29 heavy (non-hydrogen) atoms. The number of carbonyl (C=O) groups excluding carboxylic acids is 1. The van der Waals surface area contributed by atoms with Gasteiger partial charge in [0.1, 0.15) is 11.3 Å². The third kappa shape index (κ3) is 3.57. The molecular formula is C20H17N3O6. The standard InChI is InChI=1S/C20H17N3O6/c1-2-27-14-6-4-13(5-7-14)23-19(25)15(10-21-20(23)26)18(24)22-12-3-8-16-17(9-12)29-11-28-16/h3-10H,2,11H2,1H3,(H,21,26)(H,22,24). The number of carbonyl (C=O) groups is 1. The van der Waals surface area contributed by atoms with Crippen LogP contribution >= 0.6 is 0 Å². The lowest BCUT2D eigenvalue weighted by Crippen LogP contribution is -2.38. The Labute approximate surface area is 164 Å². The molecule has 2 aromatic carbocycles. The Morgan fingerprint density at radius 2 is 1.90 bits per heavy atom. The highest BCUT2D eigenvalue weighted by Crippen LogP contribution is 2.34. The van der Waals surface area contributed by atoms with E-state index in [-0.39, 0.29) is 12.4 Å². The van der Waals surface area contributed by atoms with Crippen molar-refractivity contribution in [1.82, 2.24) is 9.55 Å². The molecule has 148 valence electrons. The van der Waals surface area contributed by atoms with Crippen molar-refractivity contribution >= 4 is 11.6 Å². The van der Waals surface area contributed by atoms with E-state index in [4.69, 9.17) is 14.2 Å². The molecule has 1 aromatic heterocycles. The van der Waals surface area contributed by atoms with Gasteiger partial charge in [-0.3, -0.25) is 9.59 Å². The minimum absolute atomic E-state index is 0.111. The number of ether oxygens (including phenoxy) is 3. The molecule has 0 aliphatic carbocycles. The maximum atomic E-state index is 12.8. The van der Waals surface area contributed by atoms with Crippen molar-refractivity contribution < 1.29 is 19.0 Å². The van der Waals surface area contributed by atoms with Gasteiger partial charge >= 0.3 is 5.69 Å². The first kappa shape index (κ1) is 18.4. The van der Waals surface area contributed by atoms with Crippen molar-refractivity contribution in [2.45, 2.75) is 6.92 Å². The summed E-state index contributed by atoms with van der Waals surface area (Å²) in [5.41, 5.74) is -0.860. The summed E-state index contributed by atoms with van der Waals surface area (Å²) in [5, 5.41) is 2.62. The smallest absolute Gasteiger partial charge is 0.333 e. The highest BCUT2D eigenvalue weighted by Gasteiger charge is 2.18. The minimum Gasteiger partial charge on any atom is -0.494 e. The van der Waals surface area contributed by atoms with Crippen LogP contribution in [0, 0.1) is 0 Å². The Morgan fingerprint density at radius 3 is 2.66 bits per heavy atom. The van der Waals surface area contributed by atoms with E-state index in [0.717, 1.165) is 10.8 Å². The normalized spacial score (nSPS) is 11.9. The van der Waals surface area contributed by atoms with Gasteiger partial charge in [0, 0.05) is 18.0 Å². The Kier molecular flexibility index (Phi) is 4.78. The molecule has 9 heteroatoms. The number of hydrogen-bond acceptors (Lipinski definition) is 6. The number of H-pyrrole nitrogens is 1. The number of amides is 1. The maximum Gasteiger partial charge on any atom is 0.333 e. The zero-order valence-electron chi connectivity index (χ0n) is 15.4. The topological polar surface area (TPSA) is 112 Å². The van der Waals surface area contributed by atoms with Crippen LogP contribution < -0.4 is 30.8 Å². The van der Waals surface area contributed by atoms with Crippen molar-refractivity contribution in [2.24, 2.45) is 0 Å². The van der Waals surface area contributed by atoms with E-state index in [2.05, 4.69) is 10.3 Å². The van der Waals surface area contributed by atoms with Gasteiger partial charge in [0.05, 0.1) is 12.3 Å². The van der Waals surface area contributed by atoms with Crippen molar-refractivity contribution in [1.29, 1.82) is 0 Å². The number of nitrogens with one attached hydrogen (secondary N) is 2. The molecule has 0 saturated carbocycles. The number of rotatable bonds is 5. The summed E-state index contributed by atoms with van der Waals surface area (Å²) in [5.74, 6) is 1.02. The molecule has 1 amide bonds. The van der Waals surface area contributed by atoms with Crippen LogP contribution in [0.3, 0.4) is 0 Å². The van der Waals surface area contributed by atoms with Crippen LogP contribution in [0.1, 0.15) is 17.3 Å². The highest BCUT2D eigenvalue weighted by molar-refractivity contribution is 6.04. The van der Waals surface area contributed by atoms with Gasteiger partial charge in [-0.25, -0.2) is 9.36 Å². The fourth-order valence-corrected chi connectivity index (χ4v) is 2.90. The predicted molar refractivity (Wildman–Crippen MR) is 104 cm³/mol. The monoisotopic (exact) mass is 395 g/mol. The minimum atomic E-state index is -0.740. The number of nitrogens with zero attached hydrogens (tertiary/aromatic N) is 1. The van der Waals surface area contributed by atoms with Crippen LogP contribution in [-0.4, -0.2) is 28.9 Å². The molecule has 9 nitrogen and oxygen atoms in total. The predicted octanol–water partition coefficient (Wildman–Crippen LogP) is 1.91. The van der Waals surface area contributed by atoms with Crippen molar-refractivity contribution in [2.75, 3.05) is 18.7 Å². The molecule has 0 saturated heterocycles. The van der Waals surface area contributed by atoms with Gasteiger partial charge in [-0.15, -0.1) is 0 Å². The van der Waals surface area contributed by atoms with E-state index in [1.807, 2.05) is 6.92 Å². The quantitative estimate of drug-likeness (QED) is 0.683. The van der Waals surface area contributed by atoms with Crippen LogP contribution in [-0.2, 0) is 0 Å². The molecule has 1 aliphatic heterocycles. The average Bonchev–Trinajstić information content (AvgIpc) is 3.17. The van der Waals surface area contributed by atoms with Crippen LogP contribution in [0.2, 0.25) is 0 Å². The Morgan fingerprint density at radius 1 is 1.14 bits per heavy atom. The van der Waals surface area contributed by atoms with Gasteiger partial charge in [0.2, 0.25) is 6.79 Å². The molecule has 2 heterocycles.